The molecule has 8 heteroatoms. The largest absolute Gasteiger partial charge is 0.490 e. The van der Waals surface area contributed by atoms with Crippen LogP contribution in [-0.4, -0.2) is 48.1 Å². The molecule has 2 aromatic rings. The normalized spacial score (nSPS) is 14.9. The second-order valence-corrected chi connectivity index (χ2v) is 6.89. The number of halogens is 2. The molecule has 1 aromatic carbocycles. The predicted molar refractivity (Wildman–Crippen MR) is 123 cm³/mol. The van der Waals surface area contributed by atoms with Crippen molar-refractivity contribution in [3.63, 3.8) is 0 Å². The third-order valence-electron chi connectivity index (χ3n) is 4.81. The zero-order valence-corrected chi connectivity index (χ0v) is 19.1. The molecule has 0 radical (unpaired) electrons. The van der Waals surface area contributed by atoms with E-state index >= 15 is 0 Å². The summed E-state index contributed by atoms with van der Waals surface area (Å²) in [5.74, 6) is 1.28. The van der Waals surface area contributed by atoms with E-state index in [0.717, 1.165) is 38.0 Å². The van der Waals surface area contributed by atoms with Crippen LogP contribution in [0.5, 0.6) is 11.5 Å². The lowest BCUT2D eigenvalue weighted by Crippen LogP contribution is -2.42. The minimum Gasteiger partial charge on any atom is -0.490 e. The Labute approximate surface area is 191 Å². The van der Waals surface area contributed by atoms with Gasteiger partial charge in [0.15, 0.2) is 11.5 Å². The van der Waals surface area contributed by atoms with Crippen molar-refractivity contribution in [1.82, 2.24) is 15.2 Å². The lowest BCUT2D eigenvalue weighted by molar-refractivity contribution is 0.0691. The van der Waals surface area contributed by atoms with Gasteiger partial charge < -0.3 is 19.7 Å². The van der Waals surface area contributed by atoms with Crippen LogP contribution >= 0.6 is 24.8 Å². The molecule has 1 aliphatic heterocycles. The summed E-state index contributed by atoms with van der Waals surface area (Å²) in [6, 6.07) is 9.55. The van der Waals surface area contributed by atoms with Crippen molar-refractivity contribution in [2.24, 2.45) is 0 Å². The number of ether oxygens (including phenoxy) is 2. The number of pyridine rings is 1. The van der Waals surface area contributed by atoms with Crippen molar-refractivity contribution in [1.29, 1.82) is 0 Å². The first-order chi connectivity index (χ1) is 13.7. The number of nitrogens with zero attached hydrogens (tertiary/aromatic N) is 2. The van der Waals surface area contributed by atoms with Crippen molar-refractivity contribution in [3.8, 4) is 11.5 Å². The maximum atomic E-state index is 13.2. The van der Waals surface area contributed by atoms with E-state index in [9.17, 15) is 4.79 Å². The van der Waals surface area contributed by atoms with E-state index in [-0.39, 0.29) is 36.8 Å². The predicted octanol–water partition coefficient (Wildman–Crippen LogP) is 4.12. The van der Waals surface area contributed by atoms with Crippen LogP contribution in [0, 0.1) is 0 Å². The fourth-order valence-electron chi connectivity index (χ4n) is 3.44. The van der Waals surface area contributed by atoms with Gasteiger partial charge >= 0.3 is 0 Å². The highest BCUT2D eigenvalue weighted by Gasteiger charge is 2.27. The smallest absolute Gasteiger partial charge is 0.254 e. The van der Waals surface area contributed by atoms with Gasteiger partial charge in [-0.1, -0.05) is 13.0 Å². The first kappa shape index (κ1) is 26.0. The quantitative estimate of drug-likeness (QED) is 0.615. The fraction of sp³-hybridized carbons (Fsp3) is 0.455. The summed E-state index contributed by atoms with van der Waals surface area (Å²) in [5.41, 5.74) is 1.62. The van der Waals surface area contributed by atoms with E-state index in [1.807, 2.05) is 36.1 Å². The number of benzene rings is 1. The van der Waals surface area contributed by atoms with Gasteiger partial charge in [0.1, 0.15) is 6.61 Å². The number of amides is 1. The summed E-state index contributed by atoms with van der Waals surface area (Å²) < 4.78 is 11.7. The maximum Gasteiger partial charge on any atom is 0.254 e. The molecule has 3 rings (SSSR count). The Balaban J connectivity index is 0.00000225. The lowest BCUT2D eigenvalue weighted by atomic mass is 10.1. The van der Waals surface area contributed by atoms with Crippen molar-refractivity contribution < 1.29 is 14.3 Å². The van der Waals surface area contributed by atoms with E-state index in [1.165, 1.54) is 0 Å². The van der Waals surface area contributed by atoms with Crippen LogP contribution in [0.25, 0.3) is 0 Å². The van der Waals surface area contributed by atoms with Crippen molar-refractivity contribution in [2.45, 2.75) is 39.3 Å². The number of carbonyl (C=O) groups is 1. The molecule has 1 saturated heterocycles. The van der Waals surface area contributed by atoms with Crippen LogP contribution in [0.3, 0.4) is 0 Å². The topological polar surface area (TPSA) is 63.7 Å². The molecule has 1 N–H and O–H groups in total. The summed E-state index contributed by atoms with van der Waals surface area (Å²) in [6.45, 7) is 7.51. The lowest BCUT2D eigenvalue weighted by Gasteiger charge is -2.28. The van der Waals surface area contributed by atoms with Crippen molar-refractivity contribution in [2.75, 3.05) is 26.2 Å². The Morgan fingerprint density at radius 3 is 2.67 bits per heavy atom. The molecular formula is C22H31Cl2N3O3. The van der Waals surface area contributed by atoms with Crippen LogP contribution in [0.2, 0.25) is 0 Å². The van der Waals surface area contributed by atoms with Gasteiger partial charge in [-0.15, -0.1) is 24.8 Å². The van der Waals surface area contributed by atoms with Gasteiger partial charge in [0.25, 0.3) is 5.91 Å². The molecule has 0 bridgehead atoms. The molecule has 1 unspecified atom stereocenters. The number of hydrogen-bond donors (Lipinski definition) is 1. The Bertz CT molecular complexity index is 771. The zero-order chi connectivity index (χ0) is 19.8. The highest BCUT2D eigenvalue weighted by Crippen LogP contribution is 2.30. The molecule has 1 aromatic heterocycles. The molecule has 30 heavy (non-hydrogen) atoms. The molecule has 1 atom stereocenters. The van der Waals surface area contributed by atoms with E-state index in [0.29, 0.717) is 30.3 Å². The Morgan fingerprint density at radius 2 is 2.03 bits per heavy atom. The van der Waals surface area contributed by atoms with Crippen LogP contribution in [0.4, 0.5) is 0 Å². The number of nitrogens with one attached hydrogen (secondary N) is 1. The molecule has 0 spiro atoms. The second-order valence-electron chi connectivity index (χ2n) is 6.89. The highest BCUT2D eigenvalue weighted by molar-refractivity contribution is 5.95. The summed E-state index contributed by atoms with van der Waals surface area (Å²) in [6.07, 6.45) is 5.44. The molecular weight excluding hydrogens is 425 g/mol. The minimum atomic E-state index is 0. The Kier molecular flexibility index (Phi) is 11.5. The van der Waals surface area contributed by atoms with Gasteiger partial charge in [0, 0.05) is 42.7 Å². The van der Waals surface area contributed by atoms with E-state index < -0.39 is 0 Å². The van der Waals surface area contributed by atoms with Gasteiger partial charge in [-0.2, -0.15) is 0 Å². The Morgan fingerprint density at radius 1 is 1.20 bits per heavy atom. The number of aromatic nitrogens is 1. The molecule has 1 fully saturated rings. The van der Waals surface area contributed by atoms with E-state index in [2.05, 4.69) is 17.2 Å². The van der Waals surface area contributed by atoms with Crippen molar-refractivity contribution in [3.05, 3.63) is 53.9 Å². The summed E-state index contributed by atoms with van der Waals surface area (Å²) in [7, 11) is 0. The number of rotatable bonds is 9. The standard InChI is InChI=1S/C22H29N3O3.2ClH/c1-3-12-25(19-9-11-24-15-19)22(26)18-7-8-20(21(13-18)27-4-2)28-16-17-6-5-10-23-14-17;;/h5-8,10,13-14,19,24H,3-4,9,11-12,15-16H2,1-2H3;2*1H. The zero-order valence-electron chi connectivity index (χ0n) is 17.5. The summed E-state index contributed by atoms with van der Waals surface area (Å²) in [5, 5.41) is 3.35. The average Bonchev–Trinajstić information content (AvgIpc) is 3.26. The molecule has 0 aliphatic carbocycles. The van der Waals surface area contributed by atoms with Crippen LogP contribution in [0.15, 0.2) is 42.7 Å². The van der Waals surface area contributed by atoms with Gasteiger partial charge in [0.2, 0.25) is 0 Å². The molecule has 1 amide bonds. The first-order valence-corrected chi connectivity index (χ1v) is 10.0. The molecule has 2 heterocycles. The fourth-order valence-corrected chi connectivity index (χ4v) is 3.44. The average molecular weight is 456 g/mol. The van der Waals surface area contributed by atoms with Gasteiger partial charge in [0.05, 0.1) is 6.61 Å². The number of carbonyl (C=O) groups excluding carboxylic acids is 1. The van der Waals surface area contributed by atoms with E-state index in [4.69, 9.17) is 9.47 Å². The van der Waals surface area contributed by atoms with E-state index in [1.54, 1.807) is 18.5 Å². The minimum absolute atomic E-state index is 0. The number of hydrogen-bond acceptors (Lipinski definition) is 5. The monoisotopic (exact) mass is 455 g/mol. The van der Waals surface area contributed by atoms with Gasteiger partial charge in [-0.25, -0.2) is 0 Å². The summed E-state index contributed by atoms with van der Waals surface area (Å²) in [4.78, 5) is 19.3. The third-order valence-corrected chi connectivity index (χ3v) is 4.81. The molecule has 0 saturated carbocycles. The van der Waals surface area contributed by atoms with Crippen LogP contribution in [-0.2, 0) is 6.61 Å². The molecule has 1 aliphatic rings. The van der Waals surface area contributed by atoms with Crippen LogP contribution in [0.1, 0.15) is 42.6 Å². The summed E-state index contributed by atoms with van der Waals surface area (Å²) >= 11 is 0. The SMILES string of the molecule is CCCN(C(=O)c1ccc(OCc2cccnc2)c(OCC)c1)C1CCNC1.Cl.Cl. The first-order valence-electron chi connectivity index (χ1n) is 10.0. The molecule has 166 valence electrons. The third kappa shape index (κ3) is 6.76. The van der Waals surface area contributed by atoms with Crippen molar-refractivity contribution >= 4 is 30.7 Å². The van der Waals surface area contributed by atoms with Gasteiger partial charge in [-0.05, 0) is 50.6 Å². The maximum absolute atomic E-state index is 13.2. The molecule has 6 nitrogen and oxygen atoms in total. The second kappa shape index (κ2) is 13.3. The Hall–Kier alpha value is -2.02. The van der Waals surface area contributed by atoms with Crippen LogP contribution < -0.4 is 14.8 Å². The van der Waals surface area contributed by atoms with Gasteiger partial charge in [-0.3, -0.25) is 9.78 Å². The highest BCUT2D eigenvalue weighted by atomic mass is 35.5.